The first-order chi connectivity index (χ1) is 9.15. The lowest BCUT2D eigenvalue weighted by Crippen LogP contribution is -2.19. The van der Waals surface area contributed by atoms with Crippen molar-refractivity contribution in [3.63, 3.8) is 0 Å². The van der Waals surface area contributed by atoms with E-state index in [2.05, 4.69) is 25.2 Å². The van der Waals surface area contributed by atoms with E-state index in [1.54, 1.807) is 12.1 Å². The first kappa shape index (κ1) is 13.4. The Morgan fingerprint density at radius 3 is 2.63 bits per heavy atom. The van der Waals surface area contributed by atoms with Gasteiger partial charge >= 0.3 is 6.61 Å². The van der Waals surface area contributed by atoms with Crippen LogP contribution in [0.15, 0.2) is 30.6 Å². The van der Waals surface area contributed by atoms with Gasteiger partial charge < -0.3 is 10.1 Å². The average molecular weight is 268 g/mol. The van der Waals surface area contributed by atoms with E-state index in [4.69, 9.17) is 0 Å². The van der Waals surface area contributed by atoms with Crippen LogP contribution < -0.4 is 10.1 Å². The van der Waals surface area contributed by atoms with Gasteiger partial charge in [-0.2, -0.15) is 13.9 Å². The Balaban J connectivity index is 1.86. The van der Waals surface area contributed by atoms with Gasteiger partial charge in [-0.25, -0.2) is 4.98 Å². The number of halogens is 2. The van der Waals surface area contributed by atoms with Crippen LogP contribution in [-0.4, -0.2) is 21.8 Å². The minimum atomic E-state index is -2.80. The molecule has 1 atom stereocenters. The Kier molecular flexibility index (Phi) is 4.40. The fraction of sp³-hybridized carbons (Fsp3) is 0.333. The van der Waals surface area contributed by atoms with Crippen LogP contribution in [0.2, 0.25) is 0 Å². The lowest BCUT2D eigenvalue weighted by Gasteiger charge is -2.11. The normalized spacial score (nSPS) is 12.6. The molecule has 5 nitrogen and oxygen atoms in total. The molecular weight excluding hydrogens is 254 g/mol. The highest BCUT2D eigenvalue weighted by Gasteiger charge is 2.08. The molecular formula is C12H14F2N4O. The van der Waals surface area contributed by atoms with Gasteiger partial charge in [-0.05, 0) is 24.6 Å². The van der Waals surface area contributed by atoms with Crippen LogP contribution in [0.4, 0.5) is 8.78 Å². The van der Waals surface area contributed by atoms with Crippen molar-refractivity contribution < 1.29 is 13.5 Å². The number of nitrogens with one attached hydrogen (secondary N) is 2. The first-order valence-electron chi connectivity index (χ1n) is 5.77. The van der Waals surface area contributed by atoms with E-state index in [0.29, 0.717) is 6.54 Å². The van der Waals surface area contributed by atoms with Gasteiger partial charge in [-0.1, -0.05) is 12.1 Å². The van der Waals surface area contributed by atoms with Gasteiger partial charge in [0.25, 0.3) is 0 Å². The zero-order valence-electron chi connectivity index (χ0n) is 10.3. The Bertz CT molecular complexity index is 487. The average Bonchev–Trinajstić information content (AvgIpc) is 2.91. The molecule has 0 fully saturated rings. The van der Waals surface area contributed by atoms with E-state index in [1.807, 2.05) is 6.92 Å². The number of alkyl halides is 2. The Morgan fingerprint density at radius 2 is 2.05 bits per heavy atom. The van der Waals surface area contributed by atoms with E-state index in [9.17, 15) is 8.78 Å². The van der Waals surface area contributed by atoms with Crippen LogP contribution in [0.5, 0.6) is 5.75 Å². The minimum absolute atomic E-state index is 0.0273. The quantitative estimate of drug-likeness (QED) is 0.843. The summed E-state index contributed by atoms with van der Waals surface area (Å²) in [4.78, 5) is 4.04. The van der Waals surface area contributed by atoms with Crippen LogP contribution in [0, 0.1) is 0 Å². The summed E-state index contributed by atoms with van der Waals surface area (Å²) in [6, 6.07) is 6.53. The third-order valence-corrected chi connectivity index (χ3v) is 2.60. The third-order valence-electron chi connectivity index (χ3n) is 2.60. The van der Waals surface area contributed by atoms with E-state index in [0.717, 1.165) is 11.4 Å². The van der Waals surface area contributed by atoms with Crippen molar-refractivity contribution in [3.05, 3.63) is 42.0 Å². The monoisotopic (exact) mass is 268 g/mol. The van der Waals surface area contributed by atoms with E-state index >= 15 is 0 Å². The highest BCUT2D eigenvalue weighted by Crippen LogP contribution is 2.15. The van der Waals surface area contributed by atoms with Crippen LogP contribution in [0.1, 0.15) is 24.4 Å². The molecule has 19 heavy (non-hydrogen) atoms. The molecule has 102 valence electrons. The number of benzene rings is 1. The lowest BCUT2D eigenvalue weighted by molar-refractivity contribution is -0.0498. The minimum Gasteiger partial charge on any atom is -0.435 e. The second-order valence-corrected chi connectivity index (χ2v) is 4.00. The molecule has 0 radical (unpaired) electrons. The fourth-order valence-corrected chi connectivity index (χ4v) is 1.58. The molecule has 0 spiro atoms. The van der Waals surface area contributed by atoms with Crippen molar-refractivity contribution in [1.29, 1.82) is 0 Å². The topological polar surface area (TPSA) is 62.8 Å². The van der Waals surface area contributed by atoms with Gasteiger partial charge in [-0.15, -0.1) is 0 Å². The van der Waals surface area contributed by atoms with Crippen molar-refractivity contribution in [1.82, 2.24) is 20.5 Å². The molecule has 0 saturated heterocycles. The predicted molar refractivity (Wildman–Crippen MR) is 64.7 cm³/mol. The smallest absolute Gasteiger partial charge is 0.387 e. The largest absolute Gasteiger partial charge is 0.435 e. The molecule has 2 aromatic rings. The lowest BCUT2D eigenvalue weighted by atomic mass is 10.2. The summed E-state index contributed by atoms with van der Waals surface area (Å²) in [6.45, 7) is -0.249. The second kappa shape index (κ2) is 6.24. The van der Waals surface area contributed by atoms with Gasteiger partial charge in [-0.3, -0.25) is 5.10 Å². The summed E-state index contributed by atoms with van der Waals surface area (Å²) in [5.41, 5.74) is 0.966. The number of aromatic nitrogens is 3. The maximum Gasteiger partial charge on any atom is 0.387 e. The van der Waals surface area contributed by atoms with Gasteiger partial charge in [0.1, 0.15) is 17.9 Å². The number of hydrogen-bond donors (Lipinski definition) is 2. The number of ether oxygens (including phenoxy) is 1. The van der Waals surface area contributed by atoms with E-state index < -0.39 is 6.61 Å². The number of H-pyrrole nitrogens is 1. The zero-order chi connectivity index (χ0) is 13.7. The Labute approximate surface area is 109 Å². The zero-order valence-corrected chi connectivity index (χ0v) is 10.3. The van der Waals surface area contributed by atoms with Gasteiger partial charge in [0.05, 0.1) is 6.04 Å². The molecule has 1 unspecified atom stereocenters. The fourth-order valence-electron chi connectivity index (χ4n) is 1.58. The summed E-state index contributed by atoms with van der Waals surface area (Å²) in [5, 5.41) is 9.79. The van der Waals surface area contributed by atoms with E-state index in [1.165, 1.54) is 18.5 Å². The van der Waals surface area contributed by atoms with Gasteiger partial charge in [0, 0.05) is 6.54 Å². The summed E-state index contributed by atoms with van der Waals surface area (Å²) < 4.78 is 28.2. The maximum absolute atomic E-state index is 12.0. The SMILES string of the molecule is CC(NCc1ccc(OC(F)F)cc1)c1ncn[nH]1. The molecule has 7 heteroatoms. The molecule has 1 aromatic carbocycles. The summed E-state index contributed by atoms with van der Waals surface area (Å²) in [7, 11) is 0. The summed E-state index contributed by atoms with van der Waals surface area (Å²) >= 11 is 0. The van der Waals surface area contributed by atoms with Crippen LogP contribution in [-0.2, 0) is 6.54 Å². The molecule has 2 N–H and O–H groups in total. The second-order valence-electron chi connectivity index (χ2n) is 4.00. The standard InChI is InChI=1S/C12H14F2N4O/c1-8(11-16-7-17-18-11)15-6-9-2-4-10(5-3-9)19-12(13)14/h2-5,7-8,12,15H,6H2,1H3,(H,16,17,18). The Morgan fingerprint density at radius 1 is 1.32 bits per heavy atom. The van der Waals surface area contributed by atoms with Gasteiger partial charge in [0.15, 0.2) is 0 Å². The van der Waals surface area contributed by atoms with Gasteiger partial charge in [0.2, 0.25) is 0 Å². The molecule has 2 rings (SSSR count). The van der Waals surface area contributed by atoms with Crippen molar-refractivity contribution in [2.24, 2.45) is 0 Å². The van der Waals surface area contributed by atoms with Crippen molar-refractivity contribution >= 4 is 0 Å². The highest BCUT2D eigenvalue weighted by molar-refractivity contribution is 5.27. The third kappa shape index (κ3) is 3.99. The van der Waals surface area contributed by atoms with Crippen molar-refractivity contribution in [3.8, 4) is 5.75 Å². The van der Waals surface area contributed by atoms with Crippen LogP contribution in [0.25, 0.3) is 0 Å². The van der Waals surface area contributed by atoms with Crippen LogP contribution in [0.3, 0.4) is 0 Å². The Hall–Kier alpha value is -2.02. The number of rotatable bonds is 6. The van der Waals surface area contributed by atoms with Crippen molar-refractivity contribution in [2.45, 2.75) is 26.1 Å². The maximum atomic E-state index is 12.0. The predicted octanol–water partition coefficient (Wildman–Crippen LogP) is 2.26. The van der Waals surface area contributed by atoms with Crippen LogP contribution >= 0.6 is 0 Å². The molecule has 0 aliphatic carbocycles. The number of aromatic amines is 1. The molecule has 0 aliphatic rings. The van der Waals surface area contributed by atoms with Crippen molar-refractivity contribution in [2.75, 3.05) is 0 Å². The summed E-state index contributed by atoms with van der Waals surface area (Å²) in [6.07, 6.45) is 1.45. The molecule has 1 heterocycles. The molecule has 0 amide bonds. The molecule has 0 bridgehead atoms. The number of hydrogen-bond acceptors (Lipinski definition) is 4. The van der Waals surface area contributed by atoms with E-state index in [-0.39, 0.29) is 11.8 Å². The first-order valence-corrected chi connectivity index (χ1v) is 5.77. The number of nitrogens with zero attached hydrogens (tertiary/aromatic N) is 2. The highest BCUT2D eigenvalue weighted by atomic mass is 19.3. The molecule has 0 saturated carbocycles. The molecule has 0 aliphatic heterocycles. The molecule has 1 aromatic heterocycles. The summed E-state index contributed by atoms with van der Waals surface area (Å²) in [5.74, 6) is 0.902.